The normalized spacial score (nSPS) is 15.9. The van der Waals surface area contributed by atoms with Gasteiger partial charge < -0.3 is 5.73 Å². The van der Waals surface area contributed by atoms with Gasteiger partial charge in [0.1, 0.15) is 4.90 Å². The Morgan fingerprint density at radius 2 is 1.59 bits per heavy atom. The van der Waals surface area contributed by atoms with E-state index in [1.54, 1.807) is 12.1 Å². The summed E-state index contributed by atoms with van der Waals surface area (Å²) in [5, 5.41) is 1.43. The van der Waals surface area contributed by atoms with Gasteiger partial charge in [-0.3, -0.25) is 4.55 Å². The maximum Gasteiger partial charge on any atom is 0.295 e. The third-order valence-corrected chi connectivity index (χ3v) is 6.13. The van der Waals surface area contributed by atoms with Gasteiger partial charge >= 0.3 is 0 Å². The van der Waals surface area contributed by atoms with E-state index < -0.39 is 10.1 Å². The number of nitrogens with two attached hydrogens (primary N) is 1. The molecule has 27 heavy (non-hydrogen) atoms. The van der Waals surface area contributed by atoms with Crippen LogP contribution in [-0.4, -0.2) is 19.0 Å². The van der Waals surface area contributed by atoms with Gasteiger partial charge in [-0.25, -0.2) is 0 Å². The van der Waals surface area contributed by atoms with E-state index in [2.05, 4.69) is 0 Å². The van der Waals surface area contributed by atoms with Crippen LogP contribution in [0, 0.1) is 0 Å². The first kappa shape index (κ1) is 21.9. The molecule has 2 aromatic rings. The Morgan fingerprint density at radius 1 is 1.00 bits per heavy atom. The fourth-order valence-corrected chi connectivity index (χ4v) is 4.93. The second-order valence-electron chi connectivity index (χ2n) is 8.11. The predicted octanol–water partition coefficient (Wildman–Crippen LogP) is 5.61. The van der Waals surface area contributed by atoms with Crippen molar-refractivity contribution in [3.05, 3.63) is 41.5 Å². The molecule has 1 aliphatic rings. The second kappa shape index (κ2) is 9.18. The Hall–Kier alpha value is -1.43. The SMILES string of the molecule is CC(C)c1cc2ccccc2c(S(=O)(=O)O)c1C(C)C.NC1CCCCC1. The van der Waals surface area contributed by atoms with Crippen molar-refractivity contribution in [2.24, 2.45) is 5.73 Å². The van der Waals surface area contributed by atoms with Crippen molar-refractivity contribution in [3.63, 3.8) is 0 Å². The van der Waals surface area contributed by atoms with Crippen molar-refractivity contribution in [2.75, 3.05) is 0 Å². The lowest BCUT2D eigenvalue weighted by atomic mass is 9.88. The lowest BCUT2D eigenvalue weighted by Gasteiger charge is -2.21. The van der Waals surface area contributed by atoms with Gasteiger partial charge in [-0.15, -0.1) is 0 Å². The van der Waals surface area contributed by atoms with Gasteiger partial charge in [0.25, 0.3) is 10.1 Å². The fourth-order valence-electron chi connectivity index (χ4n) is 3.84. The molecule has 2 aromatic carbocycles. The molecule has 0 amide bonds. The average Bonchev–Trinajstić information content (AvgIpc) is 2.60. The van der Waals surface area contributed by atoms with Crippen molar-refractivity contribution in [3.8, 4) is 0 Å². The Kier molecular flexibility index (Phi) is 7.43. The van der Waals surface area contributed by atoms with Crippen LogP contribution >= 0.6 is 0 Å². The van der Waals surface area contributed by atoms with E-state index in [4.69, 9.17) is 5.73 Å². The molecule has 0 spiro atoms. The molecule has 0 aliphatic heterocycles. The summed E-state index contributed by atoms with van der Waals surface area (Å²) >= 11 is 0. The number of fused-ring (bicyclic) bond motifs is 1. The summed E-state index contributed by atoms with van der Waals surface area (Å²) in [6, 6.07) is 9.85. The van der Waals surface area contributed by atoms with Crippen LogP contribution in [0.2, 0.25) is 0 Å². The zero-order valence-electron chi connectivity index (χ0n) is 16.9. The molecule has 0 heterocycles. The highest BCUT2D eigenvalue weighted by Crippen LogP contribution is 2.37. The van der Waals surface area contributed by atoms with Gasteiger partial charge in [-0.2, -0.15) is 8.42 Å². The van der Waals surface area contributed by atoms with Crippen LogP contribution < -0.4 is 5.73 Å². The molecule has 0 unspecified atom stereocenters. The molecule has 150 valence electrons. The van der Waals surface area contributed by atoms with Gasteiger partial charge in [-0.1, -0.05) is 77.3 Å². The standard InChI is InChI=1S/C16H20O3S.C6H13N/c1-10(2)14-9-12-7-5-6-8-13(12)16(20(17,18)19)15(14)11(3)4;7-6-4-2-1-3-5-6/h5-11H,1-4H3,(H,17,18,19);6H,1-5,7H2. The molecular weight excluding hydrogens is 358 g/mol. The quantitative estimate of drug-likeness (QED) is 0.666. The molecule has 0 radical (unpaired) electrons. The molecule has 0 aromatic heterocycles. The number of hydrogen-bond acceptors (Lipinski definition) is 3. The smallest absolute Gasteiger partial charge is 0.295 e. The van der Waals surface area contributed by atoms with Crippen molar-refractivity contribution in [1.29, 1.82) is 0 Å². The lowest BCUT2D eigenvalue weighted by Crippen LogP contribution is -2.22. The number of rotatable bonds is 3. The molecule has 1 saturated carbocycles. The highest BCUT2D eigenvalue weighted by molar-refractivity contribution is 7.86. The minimum absolute atomic E-state index is 0.0222. The molecule has 0 saturated heterocycles. The lowest BCUT2D eigenvalue weighted by molar-refractivity contribution is 0.441. The van der Waals surface area contributed by atoms with Crippen molar-refractivity contribution in [1.82, 2.24) is 0 Å². The minimum Gasteiger partial charge on any atom is -0.328 e. The van der Waals surface area contributed by atoms with E-state index >= 15 is 0 Å². The average molecular weight is 392 g/mol. The maximum atomic E-state index is 11.9. The molecule has 1 aliphatic carbocycles. The van der Waals surface area contributed by atoms with Crippen molar-refractivity contribution < 1.29 is 13.0 Å². The Labute approximate surface area is 163 Å². The van der Waals surface area contributed by atoms with Crippen molar-refractivity contribution >= 4 is 20.9 Å². The molecule has 5 heteroatoms. The van der Waals surface area contributed by atoms with E-state index in [-0.39, 0.29) is 16.7 Å². The van der Waals surface area contributed by atoms with Crippen LogP contribution in [0.25, 0.3) is 10.8 Å². The van der Waals surface area contributed by atoms with E-state index in [9.17, 15) is 13.0 Å². The molecule has 4 nitrogen and oxygen atoms in total. The van der Waals surface area contributed by atoms with E-state index in [1.807, 2.05) is 45.9 Å². The van der Waals surface area contributed by atoms with Crippen LogP contribution in [-0.2, 0) is 10.1 Å². The van der Waals surface area contributed by atoms with Gasteiger partial charge in [0.2, 0.25) is 0 Å². The number of hydrogen-bond donors (Lipinski definition) is 2. The summed E-state index contributed by atoms with van der Waals surface area (Å²) in [6.07, 6.45) is 6.66. The van der Waals surface area contributed by atoms with Gasteiger partial charge in [0.05, 0.1) is 0 Å². The van der Waals surface area contributed by atoms with Crippen LogP contribution in [0.15, 0.2) is 35.2 Å². The predicted molar refractivity (Wildman–Crippen MR) is 113 cm³/mol. The Morgan fingerprint density at radius 3 is 2.04 bits per heavy atom. The van der Waals surface area contributed by atoms with Gasteiger partial charge in [-0.05, 0) is 41.2 Å². The third-order valence-electron chi connectivity index (χ3n) is 5.18. The highest BCUT2D eigenvalue weighted by atomic mass is 32.2. The zero-order chi connectivity index (χ0) is 20.2. The Balaban J connectivity index is 0.000000313. The summed E-state index contributed by atoms with van der Waals surface area (Å²) in [5.74, 6) is 0.214. The molecule has 1 fully saturated rings. The maximum absolute atomic E-state index is 11.9. The van der Waals surface area contributed by atoms with Crippen LogP contribution in [0.1, 0.15) is 82.8 Å². The summed E-state index contributed by atoms with van der Waals surface area (Å²) < 4.78 is 33.5. The summed E-state index contributed by atoms with van der Waals surface area (Å²) in [6.45, 7) is 7.96. The van der Waals surface area contributed by atoms with Crippen molar-refractivity contribution in [2.45, 2.75) is 82.6 Å². The van der Waals surface area contributed by atoms with Crippen LogP contribution in [0.5, 0.6) is 0 Å². The third kappa shape index (κ3) is 5.53. The van der Waals surface area contributed by atoms with Gasteiger partial charge in [0, 0.05) is 11.4 Å². The molecule has 0 bridgehead atoms. The number of benzene rings is 2. The minimum atomic E-state index is -4.26. The first-order valence-corrected chi connectivity index (χ1v) is 11.4. The largest absolute Gasteiger partial charge is 0.328 e. The van der Waals surface area contributed by atoms with Crippen LogP contribution in [0.3, 0.4) is 0 Å². The van der Waals surface area contributed by atoms with E-state index in [0.29, 0.717) is 11.4 Å². The monoisotopic (exact) mass is 391 g/mol. The van der Waals surface area contributed by atoms with E-state index in [1.165, 1.54) is 32.1 Å². The van der Waals surface area contributed by atoms with Crippen LogP contribution in [0.4, 0.5) is 0 Å². The highest BCUT2D eigenvalue weighted by Gasteiger charge is 2.25. The topological polar surface area (TPSA) is 80.4 Å². The summed E-state index contributed by atoms with van der Waals surface area (Å²) in [7, 11) is -4.26. The summed E-state index contributed by atoms with van der Waals surface area (Å²) in [5.41, 5.74) is 7.34. The second-order valence-corrected chi connectivity index (χ2v) is 9.47. The molecule has 3 N–H and O–H groups in total. The summed E-state index contributed by atoms with van der Waals surface area (Å²) in [4.78, 5) is 0.0642. The molecular formula is C22H33NO3S. The van der Waals surface area contributed by atoms with Gasteiger partial charge in [0.15, 0.2) is 0 Å². The zero-order valence-corrected chi connectivity index (χ0v) is 17.7. The molecule has 0 atom stereocenters. The first-order chi connectivity index (χ1) is 12.6. The molecule has 3 rings (SSSR count). The Bertz CT molecular complexity index is 867. The first-order valence-electron chi connectivity index (χ1n) is 9.91. The van der Waals surface area contributed by atoms with E-state index in [0.717, 1.165) is 16.5 Å². The fraction of sp³-hybridized carbons (Fsp3) is 0.545.